The van der Waals surface area contributed by atoms with Crippen molar-refractivity contribution in [1.29, 1.82) is 0 Å². The predicted molar refractivity (Wildman–Crippen MR) is 101 cm³/mol. The van der Waals surface area contributed by atoms with Gasteiger partial charge in [-0.2, -0.15) is 0 Å². The van der Waals surface area contributed by atoms with Gasteiger partial charge in [0.15, 0.2) is 0 Å². The van der Waals surface area contributed by atoms with Crippen molar-refractivity contribution in [3.8, 4) is 10.4 Å². The first-order chi connectivity index (χ1) is 12.5. The second-order valence-corrected chi connectivity index (χ2v) is 7.96. The SMILES string of the molecule is Cc1sc2nc(C)n(Cc3ccc(C(=O)O)o3)c(=O)c2c1-c1cccs1. The lowest BCUT2D eigenvalue weighted by Gasteiger charge is -2.08. The number of hydrogen-bond acceptors (Lipinski definition) is 6. The zero-order valence-corrected chi connectivity index (χ0v) is 15.6. The molecule has 4 heterocycles. The molecule has 4 aromatic heterocycles. The summed E-state index contributed by atoms with van der Waals surface area (Å²) in [6.45, 7) is 3.90. The van der Waals surface area contributed by atoms with Crippen LogP contribution in [0.5, 0.6) is 0 Å². The van der Waals surface area contributed by atoms with E-state index in [4.69, 9.17) is 9.52 Å². The van der Waals surface area contributed by atoms with E-state index in [1.54, 1.807) is 24.3 Å². The molecule has 0 unspecified atom stereocenters. The minimum absolute atomic E-state index is 0.139. The first-order valence-corrected chi connectivity index (χ1v) is 9.51. The van der Waals surface area contributed by atoms with E-state index in [1.165, 1.54) is 22.0 Å². The predicted octanol–water partition coefficient (Wildman–Crippen LogP) is 4.14. The summed E-state index contributed by atoms with van der Waals surface area (Å²) in [5, 5.41) is 11.6. The van der Waals surface area contributed by atoms with Crippen molar-refractivity contribution in [1.82, 2.24) is 9.55 Å². The van der Waals surface area contributed by atoms with Gasteiger partial charge in [0.05, 0.1) is 11.9 Å². The lowest BCUT2D eigenvalue weighted by Crippen LogP contribution is -2.24. The van der Waals surface area contributed by atoms with Gasteiger partial charge in [-0.15, -0.1) is 22.7 Å². The summed E-state index contributed by atoms with van der Waals surface area (Å²) in [7, 11) is 0. The Morgan fingerprint density at radius 1 is 1.31 bits per heavy atom. The van der Waals surface area contributed by atoms with Crippen molar-refractivity contribution in [2.75, 3.05) is 0 Å². The minimum atomic E-state index is -1.14. The van der Waals surface area contributed by atoms with E-state index in [9.17, 15) is 9.59 Å². The van der Waals surface area contributed by atoms with E-state index in [2.05, 4.69) is 4.98 Å². The molecule has 8 heteroatoms. The molecule has 0 saturated carbocycles. The van der Waals surface area contributed by atoms with Gasteiger partial charge in [0.25, 0.3) is 5.56 Å². The number of carboxylic acid groups (broad SMARTS) is 1. The molecule has 0 aromatic carbocycles. The van der Waals surface area contributed by atoms with Crippen molar-refractivity contribution in [3.63, 3.8) is 0 Å². The van der Waals surface area contributed by atoms with E-state index >= 15 is 0 Å². The first-order valence-electron chi connectivity index (χ1n) is 7.82. The zero-order valence-electron chi connectivity index (χ0n) is 14.0. The molecule has 132 valence electrons. The molecule has 0 radical (unpaired) electrons. The molecule has 0 bridgehead atoms. The maximum atomic E-state index is 13.2. The number of aromatic nitrogens is 2. The molecule has 0 aliphatic carbocycles. The summed E-state index contributed by atoms with van der Waals surface area (Å²) in [5.74, 6) is -0.319. The molecule has 4 aromatic rings. The molecule has 0 amide bonds. The van der Waals surface area contributed by atoms with Crippen molar-refractivity contribution < 1.29 is 14.3 Å². The summed E-state index contributed by atoms with van der Waals surface area (Å²) in [6.07, 6.45) is 0. The fraction of sp³-hybridized carbons (Fsp3) is 0.167. The van der Waals surface area contributed by atoms with Gasteiger partial charge >= 0.3 is 5.97 Å². The molecule has 26 heavy (non-hydrogen) atoms. The highest BCUT2D eigenvalue weighted by atomic mass is 32.1. The van der Waals surface area contributed by atoms with Gasteiger partial charge in [-0.25, -0.2) is 9.78 Å². The maximum absolute atomic E-state index is 13.2. The number of nitrogens with zero attached hydrogens (tertiary/aromatic N) is 2. The third-order valence-corrected chi connectivity index (χ3v) is 6.02. The molecule has 1 N–H and O–H groups in total. The van der Waals surface area contributed by atoms with Crippen LogP contribution in [0.2, 0.25) is 0 Å². The summed E-state index contributed by atoms with van der Waals surface area (Å²) < 4.78 is 6.82. The normalized spacial score (nSPS) is 11.3. The molecule has 0 atom stereocenters. The third kappa shape index (κ3) is 2.67. The number of carboxylic acids is 1. The molecule has 0 saturated heterocycles. The molecule has 0 aliphatic heterocycles. The smallest absolute Gasteiger partial charge is 0.371 e. The van der Waals surface area contributed by atoms with Crippen LogP contribution in [0.15, 0.2) is 38.9 Å². The lowest BCUT2D eigenvalue weighted by molar-refractivity contribution is 0.0660. The number of aryl methyl sites for hydroxylation is 2. The number of hydrogen-bond donors (Lipinski definition) is 1. The van der Waals surface area contributed by atoms with Gasteiger partial charge in [-0.1, -0.05) is 6.07 Å². The fourth-order valence-corrected chi connectivity index (χ4v) is 4.91. The van der Waals surface area contributed by atoms with Crippen molar-refractivity contribution >= 4 is 38.9 Å². The fourth-order valence-electron chi connectivity index (χ4n) is 2.93. The summed E-state index contributed by atoms with van der Waals surface area (Å²) in [6, 6.07) is 6.90. The van der Waals surface area contributed by atoms with E-state index < -0.39 is 5.97 Å². The highest BCUT2D eigenvalue weighted by Crippen LogP contribution is 2.37. The minimum Gasteiger partial charge on any atom is -0.475 e. The molecular formula is C18H14N2O4S2. The summed E-state index contributed by atoms with van der Waals surface area (Å²) >= 11 is 3.10. The summed E-state index contributed by atoms with van der Waals surface area (Å²) in [5.41, 5.74) is 0.783. The van der Waals surface area contributed by atoms with Crippen LogP contribution in [0.4, 0.5) is 0 Å². The molecule has 0 fully saturated rings. The van der Waals surface area contributed by atoms with Gasteiger partial charge in [-0.3, -0.25) is 9.36 Å². The Morgan fingerprint density at radius 3 is 2.77 bits per heavy atom. The Balaban J connectivity index is 1.89. The van der Waals surface area contributed by atoms with E-state index in [-0.39, 0.29) is 17.9 Å². The van der Waals surface area contributed by atoms with E-state index in [1.807, 2.05) is 24.4 Å². The van der Waals surface area contributed by atoms with Crippen molar-refractivity contribution in [3.05, 3.63) is 62.2 Å². The molecule has 0 spiro atoms. The Bertz CT molecular complexity index is 1180. The van der Waals surface area contributed by atoms with Crippen LogP contribution in [0.1, 0.15) is 27.0 Å². The van der Waals surface area contributed by atoms with Crippen LogP contribution in [0.25, 0.3) is 20.7 Å². The van der Waals surface area contributed by atoms with Gasteiger partial charge < -0.3 is 9.52 Å². The van der Waals surface area contributed by atoms with Crippen LogP contribution in [-0.2, 0) is 6.54 Å². The quantitative estimate of drug-likeness (QED) is 0.570. The van der Waals surface area contributed by atoms with Gasteiger partial charge in [0.1, 0.15) is 16.4 Å². The van der Waals surface area contributed by atoms with Gasteiger partial charge in [0, 0.05) is 15.3 Å². The van der Waals surface area contributed by atoms with Gasteiger partial charge in [-0.05, 0) is 37.4 Å². The summed E-state index contributed by atoms with van der Waals surface area (Å²) in [4.78, 5) is 31.6. The van der Waals surface area contributed by atoms with Crippen LogP contribution in [0.3, 0.4) is 0 Å². The number of furan rings is 1. The first kappa shape index (κ1) is 16.7. The average Bonchev–Trinajstić information content (AvgIpc) is 3.30. The molecule has 0 aliphatic rings. The standard InChI is InChI=1S/C18H14N2O4S2/c1-9-14(13-4-3-7-25-13)15-16(26-9)19-10(2)20(17(15)21)8-11-5-6-12(24-11)18(22)23/h3-7H,8H2,1-2H3,(H,22,23). The second-order valence-electron chi connectivity index (χ2n) is 5.81. The Morgan fingerprint density at radius 2 is 2.12 bits per heavy atom. The Labute approximate surface area is 156 Å². The number of carbonyl (C=O) groups is 1. The van der Waals surface area contributed by atoms with Crippen LogP contribution in [0, 0.1) is 13.8 Å². The van der Waals surface area contributed by atoms with Crippen LogP contribution in [-0.4, -0.2) is 20.6 Å². The number of thiophene rings is 2. The third-order valence-electron chi connectivity index (χ3n) is 4.13. The van der Waals surface area contributed by atoms with Crippen LogP contribution < -0.4 is 5.56 Å². The monoisotopic (exact) mass is 386 g/mol. The van der Waals surface area contributed by atoms with E-state index in [0.717, 1.165) is 20.1 Å². The van der Waals surface area contributed by atoms with Crippen LogP contribution >= 0.6 is 22.7 Å². The van der Waals surface area contributed by atoms with Crippen molar-refractivity contribution in [2.45, 2.75) is 20.4 Å². The molecular weight excluding hydrogens is 372 g/mol. The Kier molecular flexibility index (Phi) is 4.01. The average molecular weight is 386 g/mol. The molecule has 6 nitrogen and oxygen atoms in total. The number of fused-ring (bicyclic) bond motifs is 1. The van der Waals surface area contributed by atoms with Gasteiger partial charge in [0.2, 0.25) is 5.76 Å². The topological polar surface area (TPSA) is 85.3 Å². The lowest BCUT2D eigenvalue weighted by atomic mass is 10.1. The highest BCUT2D eigenvalue weighted by Gasteiger charge is 2.20. The number of rotatable bonds is 4. The maximum Gasteiger partial charge on any atom is 0.371 e. The largest absolute Gasteiger partial charge is 0.475 e. The number of aromatic carboxylic acids is 1. The second kappa shape index (κ2) is 6.22. The molecule has 4 rings (SSSR count). The van der Waals surface area contributed by atoms with E-state index in [0.29, 0.717) is 17.0 Å². The van der Waals surface area contributed by atoms with Crippen molar-refractivity contribution in [2.24, 2.45) is 0 Å². The zero-order chi connectivity index (χ0) is 18.4. The Hall–Kier alpha value is -2.71. The highest BCUT2D eigenvalue weighted by molar-refractivity contribution is 7.20.